The second-order valence-corrected chi connectivity index (χ2v) is 6.71. The maximum atomic E-state index is 12.9. The molecular formula is C18H24FN3O2. The van der Waals surface area contributed by atoms with Crippen LogP contribution >= 0.6 is 0 Å². The Kier molecular flexibility index (Phi) is 5.33. The predicted molar refractivity (Wildman–Crippen MR) is 90.1 cm³/mol. The summed E-state index contributed by atoms with van der Waals surface area (Å²) >= 11 is 0. The summed E-state index contributed by atoms with van der Waals surface area (Å²) in [5, 5.41) is 5.58. The van der Waals surface area contributed by atoms with Crippen molar-refractivity contribution in [2.75, 3.05) is 18.4 Å². The van der Waals surface area contributed by atoms with Crippen LogP contribution in [0.3, 0.4) is 0 Å². The van der Waals surface area contributed by atoms with Gasteiger partial charge in [-0.3, -0.25) is 4.79 Å². The van der Waals surface area contributed by atoms with E-state index in [1.54, 1.807) is 0 Å². The van der Waals surface area contributed by atoms with Crippen LogP contribution < -0.4 is 10.6 Å². The number of urea groups is 1. The van der Waals surface area contributed by atoms with E-state index in [0.717, 1.165) is 32.1 Å². The van der Waals surface area contributed by atoms with Gasteiger partial charge in [0.15, 0.2) is 0 Å². The van der Waals surface area contributed by atoms with E-state index in [4.69, 9.17) is 0 Å². The SMILES string of the molecule is O=C(Nc1ccc(F)cc1)N[C@H]1CCN(C(=O)C2CCCCC2)C1. The molecule has 2 N–H and O–H groups in total. The Bertz CT molecular complexity index is 584. The van der Waals surface area contributed by atoms with Crippen LogP contribution in [0.1, 0.15) is 38.5 Å². The number of anilines is 1. The lowest BCUT2D eigenvalue weighted by Gasteiger charge is -2.26. The highest BCUT2D eigenvalue weighted by Crippen LogP contribution is 2.26. The van der Waals surface area contributed by atoms with E-state index >= 15 is 0 Å². The zero-order valence-electron chi connectivity index (χ0n) is 13.8. The summed E-state index contributed by atoms with van der Waals surface area (Å²) in [5.41, 5.74) is 0.544. The number of amides is 3. The number of benzene rings is 1. The van der Waals surface area contributed by atoms with Crippen LogP contribution in [0.5, 0.6) is 0 Å². The molecule has 24 heavy (non-hydrogen) atoms. The smallest absolute Gasteiger partial charge is 0.319 e. The Labute approximate surface area is 141 Å². The standard InChI is InChI=1S/C18H24FN3O2/c19-14-6-8-15(9-7-14)20-18(24)21-16-10-11-22(12-16)17(23)13-4-2-1-3-5-13/h6-9,13,16H,1-5,10-12H2,(H2,20,21,24)/t16-/m0/s1. The molecule has 1 heterocycles. The molecule has 5 nitrogen and oxygen atoms in total. The summed E-state index contributed by atoms with van der Waals surface area (Å²) in [6.07, 6.45) is 6.29. The van der Waals surface area contributed by atoms with Gasteiger partial charge in [-0.05, 0) is 43.5 Å². The van der Waals surface area contributed by atoms with Crippen molar-refractivity contribution in [2.24, 2.45) is 5.92 Å². The highest BCUT2D eigenvalue weighted by atomic mass is 19.1. The third-order valence-electron chi connectivity index (χ3n) is 4.89. The number of hydrogen-bond donors (Lipinski definition) is 2. The molecule has 1 aliphatic carbocycles. The molecule has 6 heteroatoms. The molecule has 3 rings (SSSR count). The van der Waals surface area contributed by atoms with E-state index < -0.39 is 0 Å². The maximum Gasteiger partial charge on any atom is 0.319 e. The van der Waals surface area contributed by atoms with Gasteiger partial charge in [0.2, 0.25) is 5.91 Å². The second kappa shape index (κ2) is 7.64. The third kappa shape index (κ3) is 4.24. The molecule has 130 valence electrons. The number of carbonyl (C=O) groups is 2. The molecule has 0 radical (unpaired) electrons. The molecule has 1 atom stereocenters. The molecule has 2 fully saturated rings. The lowest BCUT2D eigenvalue weighted by atomic mass is 9.88. The summed E-state index contributed by atoms with van der Waals surface area (Å²) in [4.78, 5) is 26.4. The Hall–Kier alpha value is -2.11. The Morgan fingerprint density at radius 1 is 1.04 bits per heavy atom. The van der Waals surface area contributed by atoms with Crippen LogP contribution in [0.25, 0.3) is 0 Å². The molecule has 0 unspecified atom stereocenters. The van der Waals surface area contributed by atoms with E-state index in [2.05, 4.69) is 10.6 Å². The van der Waals surface area contributed by atoms with Crippen molar-refractivity contribution >= 4 is 17.6 Å². The first kappa shape index (κ1) is 16.7. The number of halogens is 1. The number of nitrogens with zero attached hydrogens (tertiary/aromatic N) is 1. The van der Waals surface area contributed by atoms with Gasteiger partial charge in [-0.25, -0.2) is 9.18 Å². The Morgan fingerprint density at radius 2 is 1.75 bits per heavy atom. The molecule has 0 spiro atoms. The summed E-state index contributed by atoms with van der Waals surface area (Å²) in [6.45, 7) is 1.28. The van der Waals surface area contributed by atoms with Gasteiger partial charge in [0.1, 0.15) is 5.82 Å². The first-order valence-corrected chi connectivity index (χ1v) is 8.74. The highest BCUT2D eigenvalue weighted by molar-refractivity contribution is 5.89. The topological polar surface area (TPSA) is 61.4 Å². The average Bonchev–Trinajstić information content (AvgIpc) is 3.05. The van der Waals surface area contributed by atoms with Gasteiger partial charge < -0.3 is 15.5 Å². The van der Waals surface area contributed by atoms with Gasteiger partial charge in [0.05, 0.1) is 0 Å². The van der Waals surface area contributed by atoms with Crippen LogP contribution in [0.15, 0.2) is 24.3 Å². The van der Waals surface area contributed by atoms with Gasteiger partial charge in [0, 0.05) is 30.7 Å². The first-order chi connectivity index (χ1) is 11.6. The summed E-state index contributed by atoms with van der Waals surface area (Å²) in [6, 6.07) is 5.28. The Balaban J connectivity index is 1.46. The zero-order chi connectivity index (χ0) is 16.9. The third-order valence-corrected chi connectivity index (χ3v) is 4.89. The molecule has 0 aromatic heterocycles. The number of hydrogen-bond acceptors (Lipinski definition) is 2. The second-order valence-electron chi connectivity index (χ2n) is 6.71. The fourth-order valence-corrected chi connectivity index (χ4v) is 3.57. The molecule has 1 aromatic carbocycles. The van der Waals surface area contributed by atoms with Crippen LogP contribution in [0.2, 0.25) is 0 Å². The van der Waals surface area contributed by atoms with Crippen molar-refractivity contribution < 1.29 is 14.0 Å². The van der Waals surface area contributed by atoms with E-state index in [9.17, 15) is 14.0 Å². The van der Waals surface area contributed by atoms with Gasteiger partial charge in [-0.15, -0.1) is 0 Å². The number of rotatable bonds is 3. The van der Waals surface area contributed by atoms with Crippen LogP contribution in [0.4, 0.5) is 14.9 Å². The van der Waals surface area contributed by atoms with Gasteiger partial charge in [-0.1, -0.05) is 19.3 Å². The first-order valence-electron chi connectivity index (χ1n) is 8.74. The van der Waals surface area contributed by atoms with Crippen molar-refractivity contribution in [2.45, 2.75) is 44.6 Å². The lowest BCUT2D eigenvalue weighted by Crippen LogP contribution is -2.42. The molecule has 1 saturated carbocycles. The summed E-state index contributed by atoms with van der Waals surface area (Å²) in [5.74, 6) is 0.0807. The minimum absolute atomic E-state index is 0.0296. The molecular weight excluding hydrogens is 309 g/mol. The zero-order valence-corrected chi connectivity index (χ0v) is 13.8. The van der Waals surface area contributed by atoms with E-state index in [1.807, 2.05) is 4.90 Å². The summed E-state index contributed by atoms with van der Waals surface area (Å²) < 4.78 is 12.9. The number of likely N-dealkylation sites (tertiary alicyclic amines) is 1. The quantitative estimate of drug-likeness (QED) is 0.893. The van der Waals surface area contributed by atoms with Crippen molar-refractivity contribution in [3.8, 4) is 0 Å². The predicted octanol–water partition coefficient (Wildman–Crippen LogP) is 3.13. The fourth-order valence-electron chi connectivity index (χ4n) is 3.57. The molecule has 2 aliphatic rings. The van der Waals surface area contributed by atoms with Crippen LogP contribution in [0, 0.1) is 11.7 Å². The monoisotopic (exact) mass is 333 g/mol. The van der Waals surface area contributed by atoms with Crippen molar-refractivity contribution in [1.82, 2.24) is 10.2 Å². The Morgan fingerprint density at radius 3 is 2.46 bits per heavy atom. The number of carbonyl (C=O) groups excluding carboxylic acids is 2. The molecule has 1 saturated heterocycles. The van der Waals surface area contributed by atoms with Gasteiger partial charge >= 0.3 is 6.03 Å². The summed E-state index contributed by atoms with van der Waals surface area (Å²) in [7, 11) is 0. The van der Waals surface area contributed by atoms with E-state index in [1.165, 1.54) is 30.7 Å². The van der Waals surface area contributed by atoms with E-state index in [-0.39, 0.29) is 29.7 Å². The average molecular weight is 333 g/mol. The van der Waals surface area contributed by atoms with Crippen LogP contribution in [-0.4, -0.2) is 36.0 Å². The van der Waals surface area contributed by atoms with Crippen molar-refractivity contribution in [3.05, 3.63) is 30.1 Å². The van der Waals surface area contributed by atoms with Crippen LogP contribution in [-0.2, 0) is 4.79 Å². The normalized spacial score (nSPS) is 21.5. The van der Waals surface area contributed by atoms with Crippen molar-refractivity contribution in [3.63, 3.8) is 0 Å². The maximum absolute atomic E-state index is 12.9. The number of nitrogens with one attached hydrogen (secondary N) is 2. The minimum atomic E-state index is -0.339. The molecule has 0 bridgehead atoms. The fraction of sp³-hybridized carbons (Fsp3) is 0.556. The molecule has 3 amide bonds. The van der Waals surface area contributed by atoms with Crippen molar-refractivity contribution in [1.29, 1.82) is 0 Å². The lowest BCUT2D eigenvalue weighted by molar-refractivity contribution is -0.135. The minimum Gasteiger partial charge on any atom is -0.340 e. The largest absolute Gasteiger partial charge is 0.340 e. The molecule has 1 aliphatic heterocycles. The van der Waals surface area contributed by atoms with Gasteiger partial charge in [-0.2, -0.15) is 0 Å². The van der Waals surface area contributed by atoms with Gasteiger partial charge in [0.25, 0.3) is 0 Å². The molecule has 1 aromatic rings. The highest BCUT2D eigenvalue weighted by Gasteiger charge is 2.32. The van der Waals surface area contributed by atoms with E-state index in [0.29, 0.717) is 18.8 Å².